The van der Waals surface area contributed by atoms with Crippen LogP contribution in [-0.2, 0) is 20.1 Å². The van der Waals surface area contributed by atoms with E-state index in [1.807, 2.05) is 54.6 Å². The van der Waals surface area contributed by atoms with E-state index in [1.54, 1.807) is 7.11 Å². The number of thioether (sulfide) groups is 1. The van der Waals surface area contributed by atoms with E-state index < -0.39 is 0 Å². The van der Waals surface area contributed by atoms with Crippen molar-refractivity contribution in [1.29, 1.82) is 0 Å². The van der Waals surface area contributed by atoms with Gasteiger partial charge in [-0.15, -0.1) is 10.2 Å². The quantitative estimate of drug-likeness (QED) is 0.543. The molecule has 142 valence electrons. The monoisotopic (exact) mass is 376 g/mol. The van der Waals surface area contributed by atoms with Crippen LogP contribution in [0, 0.1) is 6.92 Å². The van der Waals surface area contributed by atoms with Gasteiger partial charge in [0.05, 0.1) is 20.2 Å². The smallest absolute Gasteiger partial charge is 0.192 e. The van der Waals surface area contributed by atoms with Gasteiger partial charge in [0.1, 0.15) is 11.6 Å². The number of benzene rings is 1. The summed E-state index contributed by atoms with van der Waals surface area (Å²) in [5, 5.41) is 15.5. The van der Waals surface area contributed by atoms with E-state index in [-0.39, 0.29) is 0 Å². The highest BCUT2D eigenvalue weighted by Crippen LogP contribution is 2.12. The molecule has 0 bridgehead atoms. The van der Waals surface area contributed by atoms with Gasteiger partial charge in [-0.05, 0) is 30.9 Å². The molecule has 1 unspecified atom stereocenters. The standard InChI is InChI=1S/C18H28N6OS/c1-13(26-5)10-19-18(21-12-17-23-22-14(2)24(17)3)20-11-15-6-8-16(25-4)9-7-15/h6-9,13H,10-12H2,1-5H3,(H2,19,20,21). The molecule has 0 aliphatic heterocycles. The Labute approximate surface area is 159 Å². The number of nitrogens with one attached hydrogen (secondary N) is 2. The molecule has 2 aromatic rings. The molecular weight excluding hydrogens is 348 g/mol. The summed E-state index contributed by atoms with van der Waals surface area (Å²) in [7, 11) is 3.63. The summed E-state index contributed by atoms with van der Waals surface area (Å²) in [6.07, 6.45) is 2.11. The molecular formula is C18H28N6OS. The minimum absolute atomic E-state index is 0.500. The lowest BCUT2D eigenvalue weighted by Gasteiger charge is -2.15. The van der Waals surface area contributed by atoms with Crippen molar-refractivity contribution in [3.63, 3.8) is 0 Å². The van der Waals surface area contributed by atoms with E-state index in [9.17, 15) is 0 Å². The molecule has 1 heterocycles. The van der Waals surface area contributed by atoms with Gasteiger partial charge < -0.3 is 19.9 Å². The molecule has 0 saturated heterocycles. The van der Waals surface area contributed by atoms with Gasteiger partial charge >= 0.3 is 0 Å². The SMILES string of the molecule is COc1ccc(CN=C(NCc2nnc(C)n2C)NCC(C)SC)cc1. The fourth-order valence-corrected chi connectivity index (χ4v) is 2.42. The topological polar surface area (TPSA) is 76.4 Å². The van der Waals surface area contributed by atoms with Crippen LogP contribution in [0.2, 0.25) is 0 Å². The average Bonchev–Trinajstić information content (AvgIpc) is 2.99. The van der Waals surface area contributed by atoms with Gasteiger partial charge in [0, 0.05) is 18.8 Å². The molecule has 2 N–H and O–H groups in total. The first-order chi connectivity index (χ1) is 12.5. The first kappa shape index (κ1) is 20.1. The maximum atomic E-state index is 5.19. The van der Waals surface area contributed by atoms with Gasteiger partial charge in [-0.3, -0.25) is 0 Å². The molecule has 1 atom stereocenters. The van der Waals surface area contributed by atoms with Gasteiger partial charge in [-0.1, -0.05) is 19.1 Å². The minimum Gasteiger partial charge on any atom is -0.497 e. The number of rotatable bonds is 8. The second-order valence-electron chi connectivity index (χ2n) is 6.02. The van der Waals surface area contributed by atoms with Gasteiger partial charge in [0.25, 0.3) is 0 Å². The van der Waals surface area contributed by atoms with Crippen molar-refractivity contribution in [1.82, 2.24) is 25.4 Å². The molecule has 1 aromatic heterocycles. The summed E-state index contributed by atoms with van der Waals surface area (Å²) in [6, 6.07) is 7.94. The summed E-state index contributed by atoms with van der Waals surface area (Å²) in [5.41, 5.74) is 1.12. The van der Waals surface area contributed by atoms with E-state index in [0.717, 1.165) is 35.5 Å². The fraction of sp³-hybridized carbons (Fsp3) is 0.500. The normalized spacial score (nSPS) is 12.7. The van der Waals surface area contributed by atoms with Crippen LogP contribution in [0.15, 0.2) is 29.3 Å². The van der Waals surface area contributed by atoms with Crippen molar-refractivity contribution in [2.45, 2.75) is 32.2 Å². The Morgan fingerprint density at radius 2 is 2.00 bits per heavy atom. The van der Waals surface area contributed by atoms with Crippen molar-refractivity contribution in [2.24, 2.45) is 12.0 Å². The van der Waals surface area contributed by atoms with Gasteiger partial charge in [-0.2, -0.15) is 11.8 Å². The maximum Gasteiger partial charge on any atom is 0.192 e. The summed E-state index contributed by atoms with van der Waals surface area (Å²) < 4.78 is 7.17. The Morgan fingerprint density at radius 3 is 2.58 bits per heavy atom. The average molecular weight is 377 g/mol. The van der Waals surface area contributed by atoms with Crippen molar-refractivity contribution in [3.8, 4) is 5.75 Å². The number of methoxy groups -OCH3 is 1. The van der Waals surface area contributed by atoms with Crippen molar-refractivity contribution in [3.05, 3.63) is 41.5 Å². The maximum absolute atomic E-state index is 5.19. The minimum atomic E-state index is 0.500. The van der Waals surface area contributed by atoms with Gasteiger partial charge in [-0.25, -0.2) is 4.99 Å². The highest BCUT2D eigenvalue weighted by molar-refractivity contribution is 7.99. The van der Waals surface area contributed by atoms with Crippen LogP contribution in [0.3, 0.4) is 0 Å². The Bertz CT molecular complexity index is 713. The number of aliphatic imine (C=N–C) groups is 1. The number of hydrogen-bond donors (Lipinski definition) is 2. The van der Waals surface area contributed by atoms with Crippen molar-refractivity contribution < 1.29 is 4.74 Å². The first-order valence-corrected chi connectivity index (χ1v) is 9.85. The Hall–Kier alpha value is -2.22. The van der Waals surface area contributed by atoms with Crippen LogP contribution < -0.4 is 15.4 Å². The highest BCUT2D eigenvalue weighted by Gasteiger charge is 2.07. The Kier molecular flexibility index (Phi) is 7.77. The van der Waals surface area contributed by atoms with Crippen molar-refractivity contribution >= 4 is 17.7 Å². The van der Waals surface area contributed by atoms with Crippen LogP contribution in [0.4, 0.5) is 0 Å². The molecule has 0 aliphatic rings. The molecule has 0 saturated carbocycles. The predicted octanol–water partition coefficient (Wildman–Crippen LogP) is 2.12. The highest BCUT2D eigenvalue weighted by atomic mass is 32.2. The zero-order chi connectivity index (χ0) is 18.9. The van der Waals surface area contributed by atoms with Crippen LogP contribution in [0.25, 0.3) is 0 Å². The fourth-order valence-electron chi connectivity index (χ4n) is 2.17. The lowest BCUT2D eigenvalue weighted by Crippen LogP contribution is -2.40. The summed E-state index contributed by atoms with van der Waals surface area (Å²) >= 11 is 1.82. The molecule has 0 amide bonds. The Morgan fingerprint density at radius 1 is 1.27 bits per heavy atom. The molecule has 26 heavy (non-hydrogen) atoms. The third-order valence-electron chi connectivity index (χ3n) is 4.13. The third-order valence-corrected chi connectivity index (χ3v) is 5.11. The van der Waals surface area contributed by atoms with Gasteiger partial charge in [0.15, 0.2) is 11.8 Å². The van der Waals surface area contributed by atoms with E-state index in [4.69, 9.17) is 9.73 Å². The second-order valence-corrected chi connectivity index (χ2v) is 7.29. The summed E-state index contributed by atoms with van der Waals surface area (Å²) in [6.45, 7) is 6.12. The number of aromatic nitrogens is 3. The number of ether oxygens (including phenoxy) is 1. The molecule has 1 aromatic carbocycles. The molecule has 0 fully saturated rings. The molecule has 2 rings (SSSR count). The van der Waals surface area contributed by atoms with Crippen LogP contribution in [0.5, 0.6) is 5.75 Å². The Balaban J connectivity index is 2.02. The zero-order valence-electron chi connectivity index (χ0n) is 16.1. The van der Waals surface area contributed by atoms with Crippen LogP contribution in [-0.4, -0.2) is 45.9 Å². The summed E-state index contributed by atoms with van der Waals surface area (Å²) in [4.78, 5) is 4.69. The third kappa shape index (κ3) is 5.94. The molecule has 7 nitrogen and oxygen atoms in total. The lowest BCUT2D eigenvalue weighted by atomic mass is 10.2. The second kappa shape index (κ2) is 10.1. The number of aryl methyl sites for hydroxylation is 1. The van der Waals surface area contributed by atoms with E-state index in [0.29, 0.717) is 18.3 Å². The zero-order valence-corrected chi connectivity index (χ0v) is 16.9. The number of nitrogens with zero attached hydrogens (tertiary/aromatic N) is 4. The van der Waals surface area contributed by atoms with Crippen LogP contribution >= 0.6 is 11.8 Å². The van der Waals surface area contributed by atoms with E-state index >= 15 is 0 Å². The summed E-state index contributed by atoms with van der Waals surface area (Å²) in [5.74, 6) is 3.38. The predicted molar refractivity (Wildman–Crippen MR) is 108 cm³/mol. The molecule has 0 aliphatic carbocycles. The van der Waals surface area contributed by atoms with Crippen molar-refractivity contribution in [2.75, 3.05) is 19.9 Å². The first-order valence-electron chi connectivity index (χ1n) is 8.56. The van der Waals surface area contributed by atoms with E-state index in [2.05, 4.69) is 34.0 Å². The number of guanidine groups is 1. The molecule has 0 spiro atoms. The lowest BCUT2D eigenvalue weighted by molar-refractivity contribution is 0.414. The van der Waals surface area contributed by atoms with Gasteiger partial charge in [0.2, 0.25) is 0 Å². The molecule has 0 radical (unpaired) electrons. The number of hydrogen-bond acceptors (Lipinski definition) is 5. The van der Waals surface area contributed by atoms with Crippen LogP contribution in [0.1, 0.15) is 24.1 Å². The van der Waals surface area contributed by atoms with E-state index in [1.165, 1.54) is 0 Å². The molecule has 8 heteroatoms. The largest absolute Gasteiger partial charge is 0.497 e.